The average Bonchev–Trinajstić information content (AvgIpc) is 2.92. The summed E-state index contributed by atoms with van der Waals surface area (Å²) in [6.45, 7) is 1.53. The third-order valence-corrected chi connectivity index (χ3v) is 3.86. The van der Waals surface area contributed by atoms with Crippen molar-refractivity contribution in [2.24, 2.45) is 0 Å². The van der Waals surface area contributed by atoms with Crippen molar-refractivity contribution in [3.05, 3.63) is 63.9 Å². The zero-order chi connectivity index (χ0) is 14.4. The van der Waals surface area contributed by atoms with Crippen molar-refractivity contribution in [3.63, 3.8) is 0 Å². The quantitative estimate of drug-likeness (QED) is 0.668. The molecule has 2 aromatic carbocycles. The van der Waals surface area contributed by atoms with Crippen LogP contribution in [0.25, 0.3) is 10.9 Å². The first kappa shape index (κ1) is 12.0. The average molecular weight is 278 g/mol. The van der Waals surface area contributed by atoms with Crippen molar-refractivity contribution in [1.29, 1.82) is 0 Å². The Morgan fingerprint density at radius 3 is 2.52 bits per heavy atom. The lowest BCUT2D eigenvalue weighted by atomic mass is 10.1. The van der Waals surface area contributed by atoms with E-state index in [9.17, 15) is 4.79 Å². The van der Waals surface area contributed by atoms with Crippen LogP contribution in [0.1, 0.15) is 11.1 Å². The van der Waals surface area contributed by atoms with Crippen LogP contribution in [0.5, 0.6) is 0 Å². The van der Waals surface area contributed by atoms with Gasteiger partial charge in [-0.05, 0) is 29.3 Å². The normalized spacial score (nSPS) is 13.6. The number of hydrogen-bond acceptors (Lipinski definition) is 4. The Hall–Kier alpha value is -2.82. The second-order valence-corrected chi connectivity index (χ2v) is 5.29. The molecular formula is C16H14N4O. The number of nitrogens with one attached hydrogen (secondary N) is 1. The predicted molar refractivity (Wildman–Crippen MR) is 83.1 cm³/mol. The summed E-state index contributed by atoms with van der Waals surface area (Å²) >= 11 is 0. The first-order chi connectivity index (χ1) is 10.2. The summed E-state index contributed by atoms with van der Waals surface area (Å²) in [6, 6.07) is 13.5. The van der Waals surface area contributed by atoms with Gasteiger partial charge in [0.1, 0.15) is 0 Å². The topological polar surface area (TPSA) is 75.0 Å². The third-order valence-electron chi connectivity index (χ3n) is 3.86. The van der Waals surface area contributed by atoms with Gasteiger partial charge in [-0.3, -0.25) is 9.78 Å². The zero-order valence-corrected chi connectivity index (χ0v) is 11.3. The van der Waals surface area contributed by atoms with Crippen molar-refractivity contribution in [2.75, 3.05) is 10.6 Å². The van der Waals surface area contributed by atoms with Gasteiger partial charge in [-0.25, -0.2) is 4.98 Å². The number of nitrogens with two attached hydrogens (primary N) is 1. The smallest absolute Gasteiger partial charge is 0.260 e. The van der Waals surface area contributed by atoms with Crippen LogP contribution in [-0.4, -0.2) is 9.97 Å². The molecule has 0 unspecified atom stereocenters. The number of benzene rings is 2. The number of aromatic nitrogens is 2. The van der Waals surface area contributed by atoms with Gasteiger partial charge in [-0.1, -0.05) is 24.3 Å². The summed E-state index contributed by atoms with van der Waals surface area (Å²) in [5, 5.41) is 0.524. The molecule has 1 aliphatic rings. The van der Waals surface area contributed by atoms with Crippen LogP contribution in [0.4, 0.5) is 11.6 Å². The van der Waals surface area contributed by atoms with E-state index in [1.165, 1.54) is 11.1 Å². The molecule has 0 aliphatic carbocycles. The number of anilines is 2. The summed E-state index contributed by atoms with van der Waals surface area (Å²) in [5.41, 5.74) is 9.35. The molecule has 21 heavy (non-hydrogen) atoms. The SMILES string of the molecule is Nc1ccc2nc(N3Cc4ccccc4C3)[nH]c(=O)c2c1. The van der Waals surface area contributed by atoms with Crippen molar-refractivity contribution < 1.29 is 0 Å². The molecule has 0 spiro atoms. The van der Waals surface area contributed by atoms with Crippen LogP contribution in [0, 0.1) is 0 Å². The minimum Gasteiger partial charge on any atom is -0.399 e. The predicted octanol–water partition coefficient (Wildman–Crippen LogP) is 2.03. The molecule has 5 heteroatoms. The zero-order valence-electron chi connectivity index (χ0n) is 11.3. The van der Waals surface area contributed by atoms with Gasteiger partial charge in [0.25, 0.3) is 5.56 Å². The largest absolute Gasteiger partial charge is 0.399 e. The second-order valence-electron chi connectivity index (χ2n) is 5.29. The Morgan fingerprint density at radius 2 is 1.81 bits per heavy atom. The van der Waals surface area contributed by atoms with Crippen molar-refractivity contribution >= 4 is 22.5 Å². The molecule has 0 bridgehead atoms. The maximum absolute atomic E-state index is 12.2. The van der Waals surface area contributed by atoms with E-state index in [1.54, 1.807) is 18.2 Å². The minimum absolute atomic E-state index is 0.154. The van der Waals surface area contributed by atoms with Crippen molar-refractivity contribution in [1.82, 2.24) is 9.97 Å². The van der Waals surface area contributed by atoms with Crippen LogP contribution in [0.3, 0.4) is 0 Å². The molecule has 0 saturated heterocycles. The Kier molecular flexibility index (Phi) is 2.47. The number of hydrogen-bond donors (Lipinski definition) is 2. The Bertz CT molecular complexity index is 875. The van der Waals surface area contributed by atoms with Crippen LogP contribution < -0.4 is 16.2 Å². The number of nitrogens with zero attached hydrogens (tertiary/aromatic N) is 2. The van der Waals surface area contributed by atoms with Gasteiger partial charge in [-0.2, -0.15) is 0 Å². The van der Waals surface area contributed by atoms with Crippen LogP contribution in [-0.2, 0) is 13.1 Å². The van der Waals surface area contributed by atoms with E-state index in [0.717, 1.165) is 13.1 Å². The fraction of sp³-hybridized carbons (Fsp3) is 0.125. The molecule has 3 N–H and O–H groups in total. The lowest BCUT2D eigenvalue weighted by Crippen LogP contribution is -2.21. The number of nitrogen functional groups attached to an aromatic ring is 1. The van der Waals surface area contributed by atoms with Gasteiger partial charge >= 0.3 is 0 Å². The van der Waals surface area contributed by atoms with E-state index >= 15 is 0 Å². The summed E-state index contributed by atoms with van der Waals surface area (Å²) < 4.78 is 0. The van der Waals surface area contributed by atoms with E-state index in [0.29, 0.717) is 22.5 Å². The summed E-state index contributed by atoms with van der Waals surface area (Å²) in [6.07, 6.45) is 0. The Morgan fingerprint density at radius 1 is 1.10 bits per heavy atom. The van der Waals surface area contributed by atoms with Crippen LogP contribution in [0.15, 0.2) is 47.3 Å². The second kappa shape index (κ2) is 4.34. The van der Waals surface area contributed by atoms with Crippen LogP contribution >= 0.6 is 0 Å². The first-order valence-electron chi connectivity index (χ1n) is 6.82. The molecule has 1 aromatic heterocycles. The monoisotopic (exact) mass is 278 g/mol. The van der Waals surface area contributed by atoms with E-state index in [4.69, 9.17) is 5.73 Å². The molecule has 3 aromatic rings. The highest BCUT2D eigenvalue weighted by Gasteiger charge is 2.20. The molecule has 104 valence electrons. The van der Waals surface area contributed by atoms with Crippen LogP contribution in [0.2, 0.25) is 0 Å². The highest BCUT2D eigenvalue weighted by Crippen LogP contribution is 2.26. The standard InChI is InChI=1S/C16H14N4O/c17-12-5-6-14-13(7-12)15(21)19-16(18-14)20-8-10-3-1-2-4-11(10)9-20/h1-7H,8-9,17H2,(H,18,19,21). The number of aromatic amines is 1. The molecule has 0 amide bonds. The van der Waals surface area contributed by atoms with Crippen molar-refractivity contribution in [3.8, 4) is 0 Å². The maximum Gasteiger partial charge on any atom is 0.260 e. The number of fused-ring (bicyclic) bond motifs is 2. The van der Waals surface area contributed by atoms with Gasteiger partial charge in [-0.15, -0.1) is 0 Å². The fourth-order valence-electron chi connectivity index (χ4n) is 2.78. The Balaban J connectivity index is 1.79. The van der Waals surface area contributed by atoms with Gasteiger partial charge in [0.15, 0.2) is 0 Å². The lowest BCUT2D eigenvalue weighted by Gasteiger charge is -2.16. The fourth-order valence-corrected chi connectivity index (χ4v) is 2.78. The summed E-state index contributed by atoms with van der Waals surface area (Å²) in [5.74, 6) is 0.605. The van der Waals surface area contributed by atoms with Gasteiger partial charge < -0.3 is 10.6 Å². The van der Waals surface area contributed by atoms with Crippen molar-refractivity contribution in [2.45, 2.75) is 13.1 Å². The highest BCUT2D eigenvalue weighted by molar-refractivity contribution is 5.81. The Labute approximate surface area is 121 Å². The molecule has 0 saturated carbocycles. The molecule has 1 aliphatic heterocycles. The van der Waals surface area contributed by atoms with E-state index in [2.05, 4.69) is 27.0 Å². The molecule has 0 atom stereocenters. The lowest BCUT2D eigenvalue weighted by molar-refractivity contribution is 0.830. The van der Waals surface area contributed by atoms with E-state index in [-0.39, 0.29) is 5.56 Å². The molecule has 4 rings (SSSR count). The summed E-state index contributed by atoms with van der Waals surface area (Å²) in [4.78, 5) is 21.7. The van der Waals surface area contributed by atoms with Gasteiger partial charge in [0.2, 0.25) is 5.95 Å². The first-order valence-corrected chi connectivity index (χ1v) is 6.82. The molecule has 0 fully saturated rings. The van der Waals surface area contributed by atoms with Gasteiger partial charge in [0.05, 0.1) is 10.9 Å². The molecule has 0 radical (unpaired) electrons. The molecular weight excluding hydrogens is 264 g/mol. The minimum atomic E-state index is -0.154. The third kappa shape index (κ3) is 1.94. The molecule has 2 heterocycles. The molecule has 5 nitrogen and oxygen atoms in total. The van der Waals surface area contributed by atoms with E-state index < -0.39 is 0 Å². The number of H-pyrrole nitrogens is 1. The summed E-state index contributed by atoms with van der Waals surface area (Å²) in [7, 11) is 0. The van der Waals surface area contributed by atoms with Gasteiger partial charge in [0, 0.05) is 18.8 Å². The number of rotatable bonds is 1. The van der Waals surface area contributed by atoms with E-state index in [1.807, 2.05) is 12.1 Å². The maximum atomic E-state index is 12.2. The highest BCUT2D eigenvalue weighted by atomic mass is 16.1.